The maximum Gasteiger partial charge on any atom is 0.490 e. The lowest BCUT2D eigenvalue weighted by Crippen LogP contribution is -2.51. The Morgan fingerprint density at radius 2 is 1.28 bits per heavy atom. The van der Waals surface area contributed by atoms with Gasteiger partial charge in [-0.05, 0) is 37.2 Å². The van der Waals surface area contributed by atoms with Crippen LogP contribution < -0.4 is 0 Å². The summed E-state index contributed by atoms with van der Waals surface area (Å²) < 4.78 is 74.6. The number of aliphatic carboxylic acids is 2. The zero-order valence-corrected chi connectivity index (χ0v) is 21.3. The zero-order chi connectivity index (χ0) is 29.1. The summed E-state index contributed by atoms with van der Waals surface area (Å²) in [6, 6.07) is 12.4. The van der Waals surface area contributed by atoms with Crippen LogP contribution in [0.3, 0.4) is 0 Å². The number of carboxylic acid groups (broad SMARTS) is 2. The number of carboxylic acids is 2. The van der Waals surface area contributed by atoms with E-state index in [1.807, 2.05) is 0 Å². The fourth-order valence-electron chi connectivity index (χ4n) is 4.84. The van der Waals surface area contributed by atoms with Crippen molar-refractivity contribution in [2.75, 3.05) is 52.6 Å². The van der Waals surface area contributed by atoms with E-state index in [1.54, 1.807) is 0 Å². The van der Waals surface area contributed by atoms with Crippen molar-refractivity contribution in [2.24, 2.45) is 5.92 Å². The molecule has 3 aliphatic heterocycles. The number of rotatable bonds is 5. The van der Waals surface area contributed by atoms with Crippen molar-refractivity contribution in [3.63, 3.8) is 0 Å². The van der Waals surface area contributed by atoms with Crippen LogP contribution in [0.15, 0.2) is 30.3 Å². The average molecular weight is 573 g/mol. The van der Waals surface area contributed by atoms with E-state index in [9.17, 15) is 26.3 Å². The van der Waals surface area contributed by atoms with E-state index in [0.29, 0.717) is 12.1 Å². The molecule has 0 aromatic heterocycles. The van der Waals surface area contributed by atoms with E-state index in [4.69, 9.17) is 29.3 Å². The highest BCUT2D eigenvalue weighted by Gasteiger charge is 2.40. The molecule has 222 valence electrons. The molecular weight excluding hydrogens is 538 g/mol. The second kappa shape index (κ2) is 15.4. The van der Waals surface area contributed by atoms with Gasteiger partial charge in [0.05, 0.1) is 13.2 Å². The molecule has 14 heteroatoms. The van der Waals surface area contributed by atoms with Crippen molar-refractivity contribution in [3.8, 4) is 0 Å². The molecule has 3 fully saturated rings. The number of alkyl halides is 6. The normalized spacial score (nSPS) is 23.2. The zero-order valence-electron chi connectivity index (χ0n) is 21.3. The summed E-state index contributed by atoms with van der Waals surface area (Å²) in [6.45, 7) is 8.40. The van der Waals surface area contributed by atoms with Crippen LogP contribution in [0, 0.1) is 5.92 Å². The number of likely N-dealkylation sites (tertiary alicyclic amines) is 1. The van der Waals surface area contributed by atoms with Crippen LogP contribution in [0.4, 0.5) is 26.3 Å². The number of ether oxygens (including phenoxy) is 2. The van der Waals surface area contributed by atoms with Crippen molar-refractivity contribution in [1.82, 2.24) is 9.80 Å². The molecule has 2 atom stereocenters. The lowest BCUT2D eigenvalue weighted by molar-refractivity contribution is -0.193. The Kier molecular flexibility index (Phi) is 12.9. The Balaban J connectivity index is 0.000000317. The van der Waals surface area contributed by atoms with Crippen molar-refractivity contribution >= 4 is 11.9 Å². The predicted octanol–water partition coefficient (Wildman–Crippen LogP) is 3.70. The highest BCUT2D eigenvalue weighted by atomic mass is 19.4. The maximum absolute atomic E-state index is 10.6. The number of carbonyl (C=O) groups is 2. The van der Waals surface area contributed by atoms with Gasteiger partial charge >= 0.3 is 24.3 Å². The topological polar surface area (TPSA) is 99.5 Å². The molecule has 2 N–H and O–H groups in total. The molecule has 0 saturated carbocycles. The first-order valence-corrected chi connectivity index (χ1v) is 12.6. The van der Waals surface area contributed by atoms with Gasteiger partial charge in [-0.3, -0.25) is 9.80 Å². The minimum atomic E-state index is -5.08. The average Bonchev–Trinajstić information content (AvgIpc) is 3.27. The first kappa shape index (κ1) is 32.8. The molecule has 0 spiro atoms. The van der Waals surface area contributed by atoms with Gasteiger partial charge in [0.25, 0.3) is 0 Å². The lowest BCUT2D eigenvalue weighted by Gasteiger charge is -2.38. The van der Waals surface area contributed by atoms with Crippen LogP contribution in [-0.2, 0) is 25.5 Å². The molecule has 0 amide bonds. The predicted molar refractivity (Wildman–Crippen MR) is 127 cm³/mol. The van der Waals surface area contributed by atoms with Gasteiger partial charge in [0.2, 0.25) is 0 Å². The van der Waals surface area contributed by atoms with E-state index in [2.05, 4.69) is 40.1 Å². The second-order valence-electron chi connectivity index (χ2n) is 9.42. The van der Waals surface area contributed by atoms with Gasteiger partial charge < -0.3 is 19.7 Å². The summed E-state index contributed by atoms with van der Waals surface area (Å²) in [5.41, 5.74) is 1.48. The third-order valence-electron chi connectivity index (χ3n) is 6.75. The Labute approximate surface area is 222 Å². The summed E-state index contributed by atoms with van der Waals surface area (Å²) in [7, 11) is 0. The highest BCUT2D eigenvalue weighted by molar-refractivity contribution is 5.73. The summed E-state index contributed by atoms with van der Waals surface area (Å²) in [5, 5.41) is 14.2. The van der Waals surface area contributed by atoms with Crippen molar-refractivity contribution in [2.45, 2.75) is 50.1 Å². The minimum absolute atomic E-state index is 0.642. The summed E-state index contributed by atoms with van der Waals surface area (Å²) in [6.07, 6.45) is -5.22. The molecule has 8 nitrogen and oxygen atoms in total. The van der Waals surface area contributed by atoms with Crippen molar-refractivity contribution < 1.29 is 55.6 Å². The smallest absolute Gasteiger partial charge is 0.475 e. The number of hydrogen-bond acceptors (Lipinski definition) is 6. The SMILES string of the molecule is O=C(O)C(F)(F)F.O=C(O)C(F)(F)F.c1ccc(C[C@H]2[C@H](N3CCOCC3)CCN2CC2CCOCC2)cc1. The molecular formula is C25H34F6N2O6. The standard InChI is InChI=1S/C21H32N2O2.2C2HF3O2/c1-2-4-18(5-3-1)16-21-20(22-10-14-25-15-11-22)6-9-23(21)17-19-7-12-24-13-8-19;2*3-2(4,5)1(6)7/h1-5,19-21H,6-17H2;2*(H,6,7)/t20-,21+;;/m1../s1. The van der Waals surface area contributed by atoms with Gasteiger partial charge in [-0.2, -0.15) is 26.3 Å². The first-order valence-electron chi connectivity index (χ1n) is 12.6. The number of benzene rings is 1. The number of hydrogen-bond donors (Lipinski definition) is 2. The third-order valence-corrected chi connectivity index (χ3v) is 6.75. The van der Waals surface area contributed by atoms with Crippen LogP contribution in [0.1, 0.15) is 24.8 Å². The maximum atomic E-state index is 10.6. The molecule has 0 unspecified atom stereocenters. The molecule has 0 radical (unpaired) electrons. The van der Waals surface area contributed by atoms with Crippen LogP contribution in [0.5, 0.6) is 0 Å². The van der Waals surface area contributed by atoms with E-state index in [-0.39, 0.29) is 0 Å². The molecule has 4 rings (SSSR count). The summed E-state index contributed by atoms with van der Waals surface area (Å²) in [4.78, 5) is 23.3. The second-order valence-corrected chi connectivity index (χ2v) is 9.42. The Morgan fingerprint density at radius 1 is 0.795 bits per heavy atom. The number of nitrogens with zero attached hydrogens (tertiary/aromatic N) is 2. The van der Waals surface area contributed by atoms with Gasteiger partial charge in [0.15, 0.2) is 0 Å². The Hall–Kier alpha value is -2.42. The molecule has 1 aromatic carbocycles. The van der Waals surface area contributed by atoms with Crippen LogP contribution in [-0.4, -0.2) is 109 Å². The van der Waals surface area contributed by atoms with Crippen LogP contribution in [0.2, 0.25) is 0 Å². The van der Waals surface area contributed by atoms with Crippen LogP contribution >= 0.6 is 0 Å². The summed E-state index contributed by atoms with van der Waals surface area (Å²) >= 11 is 0. The number of halogens is 6. The van der Waals surface area contributed by atoms with Gasteiger partial charge in [0.1, 0.15) is 0 Å². The highest BCUT2D eigenvalue weighted by Crippen LogP contribution is 2.29. The molecule has 0 bridgehead atoms. The van der Waals surface area contributed by atoms with Crippen molar-refractivity contribution in [1.29, 1.82) is 0 Å². The van der Waals surface area contributed by atoms with E-state index >= 15 is 0 Å². The number of morpholine rings is 1. The quantitative estimate of drug-likeness (QED) is 0.516. The molecule has 3 saturated heterocycles. The van der Waals surface area contributed by atoms with Gasteiger partial charge in [-0.25, -0.2) is 9.59 Å². The monoisotopic (exact) mass is 572 g/mol. The van der Waals surface area contributed by atoms with E-state index < -0.39 is 24.3 Å². The largest absolute Gasteiger partial charge is 0.490 e. The van der Waals surface area contributed by atoms with Crippen LogP contribution in [0.25, 0.3) is 0 Å². The van der Waals surface area contributed by atoms with Crippen molar-refractivity contribution in [3.05, 3.63) is 35.9 Å². The van der Waals surface area contributed by atoms with Gasteiger partial charge in [-0.15, -0.1) is 0 Å². The fourth-order valence-corrected chi connectivity index (χ4v) is 4.84. The third kappa shape index (κ3) is 11.7. The van der Waals surface area contributed by atoms with E-state index in [1.165, 1.54) is 44.3 Å². The van der Waals surface area contributed by atoms with E-state index in [0.717, 1.165) is 45.4 Å². The Bertz CT molecular complexity index is 850. The Morgan fingerprint density at radius 3 is 1.77 bits per heavy atom. The molecule has 3 heterocycles. The fraction of sp³-hybridized carbons (Fsp3) is 0.680. The van der Waals surface area contributed by atoms with Gasteiger partial charge in [-0.1, -0.05) is 30.3 Å². The lowest BCUT2D eigenvalue weighted by atomic mass is 9.96. The van der Waals surface area contributed by atoms with Gasteiger partial charge in [0, 0.05) is 51.5 Å². The molecule has 39 heavy (non-hydrogen) atoms. The molecule has 0 aliphatic carbocycles. The minimum Gasteiger partial charge on any atom is -0.475 e. The molecule has 1 aromatic rings. The molecule has 3 aliphatic rings. The summed E-state index contributed by atoms with van der Waals surface area (Å²) in [5.74, 6) is -4.70. The first-order chi connectivity index (χ1) is 18.3.